The first-order valence-electron chi connectivity index (χ1n) is 9.54. The zero-order valence-electron chi connectivity index (χ0n) is 16.9. The van der Waals surface area contributed by atoms with Gasteiger partial charge in [0.25, 0.3) is 0 Å². The molecule has 0 saturated carbocycles. The minimum atomic E-state index is -0.415. The smallest absolute Gasteiger partial charge is 0.338 e. The van der Waals surface area contributed by atoms with Crippen molar-refractivity contribution in [3.05, 3.63) is 65.9 Å². The van der Waals surface area contributed by atoms with Gasteiger partial charge in [-0.1, -0.05) is 24.3 Å². The molecule has 0 bridgehead atoms. The molecule has 0 aliphatic rings. The van der Waals surface area contributed by atoms with Crippen molar-refractivity contribution in [2.24, 2.45) is 0 Å². The maximum absolute atomic E-state index is 12.5. The van der Waals surface area contributed by atoms with Crippen molar-refractivity contribution < 1.29 is 14.3 Å². The van der Waals surface area contributed by atoms with Gasteiger partial charge >= 0.3 is 5.97 Å². The SMILES string of the molecule is Cc1cc2c(OCC(CNC(C)(C)C)OC(=O)c3ccccc3)cccc2[nH]1. The summed E-state index contributed by atoms with van der Waals surface area (Å²) in [5, 5.41) is 4.42. The molecule has 3 aromatic rings. The van der Waals surface area contributed by atoms with Crippen molar-refractivity contribution in [3.63, 3.8) is 0 Å². The Bertz CT molecular complexity index is 926. The fraction of sp³-hybridized carbons (Fsp3) is 0.348. The van der Waals surface area contributed by atoms with E-state index in [0.29, 0.717) is 12.1 Å². The van der Waals surface area contributed by atoms with Crippen LogP contribution in [0.2, 0.25) is 0 Å². The van der Waals surface area contributed by atoms with Gasteiger partial charge in [0.1, 0.15) is 18.5 Å². The lowest BCUT2D eigenvalue weighted by molar-refractivity contribution is 0.0163. The van der Waals surface area contributed by atoms with Crippen LogP contribution in [0.4, 0.5) is 0 Å². The normalized spacial score (nSPS) is 12.7. The molecule has 1 heterocycles. The van der Waals surface area contributed by atoms with Gasteiger partial charge in [0.05, 0.1) is 5.56 Å². The fourth-order valence-corrected chi connectivity index (χ4v) is 2.92. The second-order valence-electron chi connectivity index (χ2n) is 8.00. The molecule has 1 atom stereocenters. The Balaban J connectivity index is 1.71. The van der Waals surface area contributed by atoms with Crippen LogP contribution < -0.4 is 10.1 Å². The largest absolute Gasteiger partial charge is 0.489 e. The van der Waals surface area contributed by atoms with E-state index in [1.165, 1.54) is 0 Å². The first-order chi connectivity index (χ1) is 13.3. The number of carbonyl (C=O) groups is 1. The van der Waals surface area contributed by atoms with Crippen LogP contribution in [0.25, 0.3) is 10.9 Å². The first-order valence-corrected chi connectivity index (χ1v) is 9.54. The maximum atomic E-state index is 12.5. The molecule has 0 aliphatic carbocycles. The number of aromatic nitrogens is 1. The van der Waals surface area contributed by atoms with E-state index in [4.69, 9.17) is 9.47 Å². The zero-order chi connectivity index (χ0) is 20.1. The third-order valence-electron chi connectivity index (χ3n) is 4.33. The van der Waals surface area contributed by atoms with Crippen molar-refractivity contribution in [3.8, 4) is 5.75 Å². The van der Waals surface area contributed by atoms with Crippen LogP contribution in [0.5, 0.6) is 5.75 Å². The van der Waals surface area contributed by atoms with E-state index in [2.05, 4.69) is 37.1 Å². The van der Waals surface area contributed by atoms with Crippen LogP contribution in [-0.4, -0.2) is 35.7 Å². The highest BCUT2D eigenvalue weighted by molar-refractivity contribution is 5.89. The zero-order valence-corrected chi connectivity index (χ0v) is 16.9. The van der Waals surface area contributed by atoms with E-state index in [1.807, 2.05) is 43.3 Å². The Labute approximate surface area is 166 Å². The van der Waals surface area contributed by atoms with Crippen LogP contribution in [0.3, 0.4) is 0 Å². The van der Waals surface area contributed by atoms with Crippen LogP contribution in [-0.2, 0) is 4.74 Å². The third-order valence-corrected chi connectivity index (χ3v) is 4.33. The highest BCUT2D eigenvalue weighted by Gasteiger charge is 2.20. The average Bonchev–Trinajstić information content (AvgIpc) is 3.04. The van der Waals surface area contributed by atoms with E-state index in [9.17, 15) is 4.79 Å². The number of hydrogen-bond donors (Lipinski definition) is 2. The number of ether oxygens (including phenoxy) is 2. The highest BCUT2D eigenvalue weighted by atomic mass is 16.6. The van der Waals surface area contributed by atoms with E-state index < -0.39 is 6.10 Å². The summed E-state index contributed by atoms with van der Waals surface area (Å²) in [6.07, 6.45) is -0.415. The minimum Gasteiger partial charge on any atom is -0.489 e. The Morgan fingerprint density at radius 2 is 1.86 bits per heavy atom. The van der Waals surface area contributed by atoms with Crippen molar-refractivity contribution in [2.75, 3.05) is 13.2 Å². The molecule has 5 heteroatoms. The van der Waals surface area contributed by atoms with Crippen LogP contribution in [0.15, 0.2) is 54.6 Å². The maximum Gasteiger partial charge on any atom is 0.338 e. The summed E-state index contributed by atoms with van der Waals surface area (Å²) in [6.45, 7) is 9.02. The number of H-pyrrole nitrogens is 1. The number of carbonyl (C=O) groups excluding carboxylic acids is 1. The second kappa shape index (κ2) is 8.48. The number of esters is 1. The van der Waals surface area contributed by atoms with Crippen LogP contribution >= 0.6 is 0 Å². The van der Waals surface area contributed by atoms with Gasteiger partial charge in [0, 0.05) is 28.7 Å². The summed E-state index contributed by atoms with van der Waals surface area (Å²) in [5.41, 5.74) is 2.55. The average molecular weight is 380 g/mol. The number of nitrogens with one attached hydrogen (secondary N) is 2. The Morgan fingerprint density at radius 1 is 1.11 bits per heavy atom. The molecule has 0 spiro atoms. The number of aryl methyl sites for hydroxylation is 1. The predicted molar refractivity (Wildman–Crippen MR) is 112 cm³/mol. The molecule has 0 radical (unpaired) electrons. The van der Waals surface area contributed by atoms with Crippen molar-refractivity contribution >= 4 is 16.9 Å². The molecule has 2 aromatic carbocycles. The van der Waals surface area contributed by atoms with E-state index >= 15 is 0 Å². The molecule has 28 heavy (non-hydrogen) atoms. The first kappa shape index (κ1) is 20.0. The van der Waals surface area contributed by atoms with Gasteiger partial charge in [0.15, 0.2) is 0 Å². The molecule has 1 aromatic heterocycles. The number of fused-ring (bicyclic) bond motifs is 1. The summed E-state index contributed by atoms with van der Waals surface area (Å²) in [4.78, 5) is 15.8. The van der Waals surface area contributed by atoms with E-state index in [-0.39, 0.29) is 18.1 Å². The minimum absolute atomic E-state index is 0.0881. The molecule has 3 rings (SSSR count). The highest BCUT2D eigenvalue weighted by Crippen LogP contribution is 2.26. The Hall–Kier alpha value is -2.79. The molecule has 0 saturated heterocycles. The number of rotatable bonds is 7. The van der Waals surface area contributed by atoms with E-state index in [0.717, 1.165) is 22.3 Å². The summed E-state index contributed by atoms with van der Waals surface area (Å²) in [7, 11) is 0. The number of aromatic amines is 1. The van der Waals surface area contributed by atoms with Crippen molar-refractivity contribution in [1.82, 2.24) is 10.3 Å². The Morgan fingerprint density at radius 3 is 2.57 bits per heavy atom. The van der Waals surface area contributed by atoms with Gasteiger partial charge in [-0.15, -0.1) is 0 Å². The standard InChI is InChI=1S/C23H28N2O3/c1-16-13-19-20(25-16)11-8-12-21(19)27-15-18(14-24-23(2,3)4)28-22(26)17-9-6-5-7-10-17/h5-13,18,24-25H,14-15H2,1-4H3. The lowest BCUT2D eigenvalue weighted by Crippen LogP contribution is -2.44. The molecule has 2 N–H and O–H groups in total. The summed E-state index contributed by atoms with van der Waals surface area (Å²) in [5.74, 6) is 0.430. The van der Waals surface area contributed by atoms with Gasteiger partial charge in [-0.3, -0.25) is 0 Å². The summed E-state index contributed by atoms with van der Waals surface area (Å²) >= 11 is 0. The summed E-state index contributed by atoms with van der Waals surface area (Å²) < 4.78 is 11.8. The van der Waals surface area contributed by atoms with Gasteiger partial charge in [-0.2, -0.15) is 0 Å². The molecule has 0 fully saturated rings. The topological polar surface area (TPSA) is 63.4 Å². The Kier molecular flexibility index (Phi) is 6.05. The van der Waals surface area contributed by atoms with Crippen molar-refractivity contribution in [1.29, 1.82) is 0 Å². The fourth-order valence-electron chi connectivity index (χ4n) is 2.92. The molecule has 1 unspecified atom stereocenters. The quantitative estimate of drug-likeness (QED) is 0.594. The number of benzene rings is 2. The second-order valence-corrected chi connectivity index (χ2v) is 8.00. The lowest BCUT2D eigenvalue weighted by atomic mass is 10.1. The van der Waals surface area contributed by atoms with Crippen LogP contribution in [0.1, 0.15) is 36.8 Å². The van der Waals surface area contributed by atoms with Gasteiger partial charge in [-0.25, -0.2) is 4.79 Å². The van der Waals surface area contributed by atoms with E-state index in [1.54, 1.807) is 12.1 Å². The molecule has 0 amide bonds. The predicted octanol–water partition coefficient (Wildman–Crippen LogP) is 4.47. The monoisotopic (exact) mass is 380 g/mol. The number of hydrogen-bond acceptors (Lipinski definition) is 4. The third kappa shape index (κ3) is 5.36. The molecule has 5 nitrogen and oxygen atoms in total. The van der Waals surface area contributed by atoms with Crippen LogP contribution in [0, 0.1) is 6.92 Å². The van der Waals surface area contributed by atoms with Gasteiger partial charge in [-0.05, 0) is 58.0 Å². The van der Waals surface area contributed by atoms with Gasteiger partial charge < -0.3 is 19.8 Å². The van der Waals surface area contributed by atoms with Gasteiger partial charge in [0.2, 0.25) is 0 Å². The summed E-state index contributed by atoms with van der Waals surface area (Å²) in [6, 6.07) is 17.0. The molecular weight excluding hydrogens is 352 g/mol. The molecular formula is C23H28N2O3. The lowest BCUT2D eigenvalue weighted by Gasteiger charge is -2.25. The molecule has 0 aliphatic heterocycles. The van der Waals surface area contributed by atoms with Crippen molar-refractivity contribution in [2.45, 2.75) is 39.3 Å². The molecule has 148 valence electrons.